The van der Waals surface area contributed by atoms with E-state index in [2.05, 4.69) is 15.0 Å². The van der Waals surface area contributed by atoms with Crippen LogP contribution in [0, 0.1) is 0 Å². The Morgan fingerprint density at radius 2 is 1.77 bits per heavy atom. The average molecular weight is 288 g/mol. The van der Waals surface area contributed by atoms with Gasteiger partial charge in [0, 0.05) is 17.7 Å². The van der Waals surface area contributed by atoms with Crippen molar-refractivity contribution in [1.82, 2.24) is 14.4 Å². The van der Waals surface area contributed by atoms with Gasteiger partial charge < -0.3 is 0 Å². The molecule has 4 aromatic rings. The summed E-state index contributed by atoms with van der Waals surface area (Å²) in [6.07, 6.45) is 1.75. The molecular formula is C17H12N4O. The Kier molecular flexibility index (Phi) is 2.72. The minimum absolute atomic E-state index is 0.264. The fourth-order valence-corrected chi connectivity index (χ4v) is 2.64. The quantitative estimate of drug-likeness (QED) is 0.467. The summed E-state index contributed by atoms with van der Waals surface area (Å²) in [6, 6.07) is 15.5. The smallest absolute Gasteiger partial charge is 0.244 e. The number of hydrogen-bond acceptors (Lipinski definition) is 3. The van der Waals surface area contributed by atoms with E-state index in [1.165, 1.54) is 6.92 Å². The molecule has 0 aliphatic heterocycles. The van der Waals surface area contributed by atoms with Crippen molar-refractivity contribution in [1.29, 1.82) is 0 Å². The van der Waals surface area contributed by atoms with E-state index in [1.54, 1.807) is 6.33 Å². The van der Waals surface area contributed by atoms with Crippen molar-refractivity contribution in [3.8, 4) is 0 Å². The maximum Gasteiger partial charge on any atom is 0.244 e. The predicted molar refractivity (Wildman–Crippen MR) is 84.2 cm³/mol. The molecule has 0 aliphatic rings. The van der Waals surface area contributed by atoms with Crippen LogP contribution in [-0.4, -0.2) is 20.3 Å². The van der Waals surface area contributed by atoms with Crippen LogP contribution in [0.5, 0.6) is 0 Å². The van der Waals surface area contributed by atoms with Crippen LogP contribution in [0.4, 0.5) is 0 Å². The maximum atomic E-state index is 11.4. The summed E-state index contributed by atoms with van der Waals surface area (Å²) in [6.45, 7) is 1.43. The minimum atomic E-state index is -0.264. The molecule has 0 bridgehead atoms. The van der Waals surface area contributed by atoms with Gasteiger partial charge in [0.05, 0.1) is 11.0 Å². The van der Waals surface area contributed by atoms with Gasteiger partial charge in [-0.15, -0.1) is 0 Å². The van der Waals surface area contributed by atoms with Gasteiger partial charge in [-0.1, -0.05) is 24.3 Å². The van der Waals surface area contributed by atoms with Gasteiger partial charge in [-0.3, -0.25) is 9.20 Å². The zero-order chi connectivity index (χ0) is 15.1. The molecule has 0 saturated heterocycles. The largest absolute Gasteiger partial charge is 0.284 e. The van der Waals surface area contributed by atoms with E-state index in [1.807, 2.05) is 52.9 Å². The highest BCUT2D eigenvalue weighted by molar-refractivity contribution is 5.94. The first-order valence-electron chi connectivity index (χ1n) is 6.94. The van der Waals surface area contributed by atoms with Crippen molar-refractivity contribution >= 4 is 33.4 Å². The number of rotatable bonds is 0. The zero-order valence-electron chi connectivity index (χ0n) is 11.9. The summed E-state index contributed by atoms with van der Waals surface area (Å²) in [5, 5.41) is 1.75. The molecule has 2 aromatic carbocycles. The van der Waals surface area contributed by atoms with E-state index in [-0.39, 0.29) is 5.91 Å². The summed E-state index contributed by atoms with van der Waals surface area (Å²) >= 11 is 0. The first kappa shape index (κ1) is 12.6. The Labute approximate surface area is 125 Å². The maximum absolute atomic E-state index is 11.4. The molecule has 0 radical (unpaired) electrons. The first-order valence-corrected chi connectivity index (χ1v) is 6.94. The van der Waals surface area contributed by atoms with Gasteiger partial charge in [-0.05, 0) is 24.3 Å². The van der Waals surface area contributed by atoms with Gasteiger partial charge in [0.2, 0.25) is 5.91 Å². The van der Waals surface area contributed by atoms with E-state index < -0.39 is 0 Å². The van der Waals surface area contributed by atoms with E-state index in [4.69, 9.17) is 0 Å². The Morgan fingerprint density at radius 3 is 2.59 bits per heavy atom. The lowest BCUT2D eigenvalue weighted by atomic mass is 10.2. The van der Waals surface area contributed by atoms with Gasteiger partial charge in [-0.25, -0.2) is 9.97 Å². The molecule has 1 amide bonds. The highest BCUT2D eigenvalue weighted by Crippen LogP contribution is 2.18. The predicted octanol–water partition coefficient (Wildman–Crippen LogP) is 2.48. The lowest BCUT2D eigenvalue weighted by molar-refractivity contribution is -0.116. The van der Waals surface area contributed by atoms with Crippen molar-refractivity contribution in [2.24, 2.45) is 4.99 Å². The Bertz CT molecular complexity index is 1110. The highest BCUT2D eigenvalue weighted by atomic mass is 16.1. The number of carbonyl (C=O) groups is 1. The summed E-state index contributed by atoms with van der Waals surface area (Å²) in [4.78, 5) is 24.6. The van der Waals surface area contributed by atoms with Gasteiger partial charge in [0.15, 0.2) is 5.49 Å². The van der Waals surface area contributed by atoms with Gasteiger partial charge in [0.25, 0.3) is 0 Å². The summed E-state index contributed by atoms with van der Waals surface area (Å²) in [5.41, 5.74) is 2.97. The standard InChI is InChI=1S/C17H12N4O/c1-11(22)19-16-13-7-3-5-9-15(13)21-10-18-14-8-4-2-6-12(14)17(21)20-16/h2-10H,1H3. The zero-order valence-corrected chi connectivity index (χ0v) is 11.9. The molecule has 4 rings (SSSR count). The number of amides is 1. The highest BCUT2D eigenvalue weighted by Gasteiger charge is 2.07. The second-order valence-electron chi connectivity index (χ2n) is 5.04. The molecule has 106 valence electrons. The SMILES string of the molecule is CC(=O)N=c1nc2c3ccccc3ncn2c2ccccc12. The van der Waals surface area contributed by atoms with E-state index in [0.717, 1.165) is 27.5 Å². The number of nitrogens with zero attached hydrogens (tertiary/aromatic N) is 4. The second-order valence-corrected chi connectivity index (χ2v) is 5.04. The Balaban J connectivity index is 2.32. The Hall–Kier alpha value is -3.08. The number of hydrogen-bond donors (Lipinski definition) is 0. The molecular weight excluding hydrogens is 276 g/mol. The molecule has 22 heavy (non-hydrogen) atoms. The number of fused-ring (bicyclic) bond motifs is 5. The summed E-state index contributed by atoms with van der Waals surface area (Å²) in [5.74, 6) is -0.264. The molecule has 0 fully saturated rings. The van der Waals surface area contributed by atoms with Crippen molar-refractivity contribution in [2.45, 2.75) is 6.92 Å². The van der Waals surface area contributed by atoms with Crippen LogP contribution >= 0.6 is 0 Å². The summed E-state index contributed by atoms with van der Waals surface area (Å²) < 4.78 is 1.93. The lowest BCUT2D eigenvalue weighted by Crippen LogP contribution is -2.15. The lowest BCUT2D eigenvalue weighted by Gasteiger charge is -2.08. The molecule has 0 aliphatic carbocycles. The molecule has 0 unspecified atom stereocenters. The molecule has 5 heteroatoms. The Morgan fingerprint density at radius 1 is 1.05 bits per heavy atom. The summed E-state index contributed by atoms with van der Waals surface area (Å²) in [7, 11) is 0. The van der Waals surface area contributed by atoms with Gasteiger partial charge in [0.1, 0.15) is 12.0 Å². The monoisotopic (exact) mass is 288 g/mol. The third-order valence-electron chi connectivity index (χ3n) is 3.57. The number of benzene rings is 2. The molecule has 0 N–H and O–H groups in total. The third-order valence-corrected chi connectivity index (χ3v) is 3.57. The molecule has 0 spiro atoms. The normalized spacial score (nSPS) is 12.3. The van der Waals surface area contributed by atoms with Crippen molar-refractivity contribution in [2.75, 3.05) is 0 Å². The van der Waals surface area contributed by atoms with E-state index in [9.17, 15) is 4.79 Å². The fourth-order valence-electron chi connectivity index (χ4n) is 2.64. The third kappa shape index (κ3) is 1.87. The molecule has 5 nitrogen and oxygen atoms in total. The van der Waals surface area contributed by atoms with Crippen LogP contribution in [0.2, 0.25) is 0 Å². The average Bonchev–Trinajstić information content (AvgIpc) is 2.54. The topological polar surface area (TPSA) is 59.6 Å². The number of carbonyl (C=O) groups excluding carboxylic acids is 1. The number of para-hydroxylation sites is 2. The molecule has 2 heterocycles. The fraction of sp³-hybridized carbons (Fsp3) is 0.0588. The van der Waals surface area contributed by atoms with Crippen molar-refractivity contribution < 1.29 is 4.79 Å². The van der Waals surface area contributed by atoms with E-state index in [0.29, 0.717) is 5.49 Å². The van der Waals surface area contributed by atoms with Crippen LogP contribution < -0.4 is 5.49 Å². The van der Waals surface area contributed by atoms with Crippen LogP contribution in [0.15, 0.2) is 59.9 Å². The van der Waals surface area contributed by atoms with Crippen LogP contribution in [0.3, 0.4) is 0 Å². The number of aromatic nitrogens is 3. The van der Waals surface area contributed by atoms with Gasteiger partial charge >= 0.3 is 0 Å². The first-order chi connectivity index (χ1) is 10.7. The van der Waals surface area contributed by atoms with Crippen molar-refractivity contribution in [3.05, 3.63) is 60.3 Å². The van der Waals surface area contributed by atoms with E-state index >= 15 is 0 Å². The van der Waals surface area contributed by atoms with Crippen LogP contribution in [-0.2, 0) is 4.79 Å². The second kappa shape index (κ2) is 4.73. The minimum Gasteiger partial charge on any atom is -0.284 e. The molecule has 0 atom stereocenters. The van der Waals surface area contributed by atoms with Gasteiger partial charge in [-0.2, -0.15) is 4.99 Å². The van der Waals surface area contributed by atoms with Crippen LogP contribution in [0.25, 0.3) is 27.5 Å². The van der Waals surface area contributed by atoms with Crippen molar-refractivity contribution in [3.63, 3.8) is 0 Å². The molecule has 2 aromatic heterocycles. The molecule has 0 saturated carbocycles. The van der Waals surface area contributed by atoms with Crippen LogP contribution in [0.1, 0.15) is 6.92 Å².